The molecule has 4 nitrogen and oxygen atoms in total. The number of aromatic nitrogens is 3. The molecule has 0 amide bonds. The van der Waals surface area contributed by atoms with Crippen LogP contribution in [0.25, 0.3) is 0 Å². The number of halogens is 2. The molecule has 0 aliphatic carbocycles. The largest absolute Gasteiger partial charge is 0.354 e. The second-order valence-electron chi connectivity index (χ2n) is 5.51. The van der Waals surface area contributed by atoms with Gasteiger partial charge in [0, 0.05) is 5.56 Å². The van der Waals surface area contributed by atoms with Gasteiger partial charge in [-0.2, -0.15) is 5.10 Å². The summed E-state index contributed by atoms with van der Waals surface area (Å²) in [5, 5.41) is 4.08. The average Bonchev–Trinajstić information content (AvgIpc) is 3.02. The predicted octanol–water partition coefficient (Wildman–Crippen LogP) is 3.22. The first-order valence-corrected chi connectivity index (χ1v) is 7.20. The Morgan fingerprint density at radius 1 is 1.13 bits per heavy atom. The highest BCUT2D eigenvalue weighted by Crippen LogP contribution is 2.58. The molecule has 23 heavy (non-hydrogen) atoms. The fourth-order valence-corrected chi connectivity index (χ4v) is 2.92. The summed E-state index contributed by atoms with van der Waals surface area (Å²) in [6.45, 7) is 0.329. The average molecular weight is 313 g/mol. The second-order valence-corrected chi connectivity index (χ2v) is 5.51. The molecule has 0 unspecified atom stereocenters. The number of hydrogen-bond acceptors (Lipinski definition) is 3. The molecule has 1 fully saturated rings. The van der Waals surface area contributed by atoms with Gasteiger partial charge >= 0.3 is 0 Å². The lowest BCUT2D eigenvalue weighted by atomic mass is 9.91. The Morgan fingerprint density at radius 3 is 2.74 bits per heavy atom. The molecule has 0 N–H and O–H groups in total. The third-order valence-corrected chi connectivity index (χ3v) is 4.06. The summed E-state index contributed by atoms with van der Waals surface area (Å²) in [7, 11) is 0. The summed E-state index contributed by atoms with van der Waals surface area (Å²) in [6.07, 6.45) is 2.48. The van der Waals surface area contributed by atoms with Gasteiger partial charge in [0.25, 0.3) is 0 Å². The van der Waals surface area contributed by atoms with Gasteiger partial charge in [-0.05, 0) is 23.8 Å². The van der Waals surface area contributed by atoms with Crippen LogP contribution in [-0.2, 0) is 16.9 Å². The number of epoxide rings is 1. The van der Waals surface area contributed by atoms with Gasteiger partial charge in [-0.3, -0.25) is 0 Å². The van der Waals surface area contributed by atoms with Crippen LogP contribution < -0.4 is 0 Å². The Hall–Kier alpha value is -2.60. The maximum atomic E-state index is 14.1. The van der Waals surface area contributed by atoms with Crippen LogP contribution in [-0.4, -0.2) is 14.8 Å². The lowest BCUT2D eigenvalue weighted by Gasteiger charge is -2.14. The molecule has 0 bridgehead atoms. The summed E-state index contributed by atoms with van der Waals surface area (Å²) >= 11 is 0. The van der Waals surface area contributed by atoms with E-state index < -0.39 is 11.7 Å². The lowest BCUT2D eigenvalue weighted by molar-refractivity contribution is 0.261. The van der Waals surface area contributed by atoms with Crippen molar-refractivity contribution in [1.29, 1.82) is 0 Å². The molecule has 4 rings (SSSR count). The molecule has 3 aromatic rings. The molecule has 2 aromatic carbocycles. The first-order chi connectivity index (χ1) is 11.2. The molecule has 1 aliphatic heterocycles. The summed E-state index contributed by atoms with van der Waals surface area (Å²) in [5.41, 5.74) is 0.260. The van der Waals surface area contributed by atoms with Crippen LogP contribution in [0.15, 0.2) is 61.2 Å². The Morgan fingerprint density at radius 2 is 2.00 bits per heavy atom. The van der Waals surface area contributed by atoms with Crippen LogP contribution in [0.2, 0.25) is 0 Å². The zero-order valence-corrected chi connectivity index (χ0v) is 12.1. The SMILES string of the molecule is Fc1cccc([C@@]2(Cn3cncn3)O[C@@H]2c2ccccc2F)c1. The quantitative estimate of drug-likeness (QED) is 0.695. The predicted molar refractivity (Wildman–Crippen MR) is 78.3 cm³/mol. The molecule has 1 saturated heterocycles. The molecule has 2 atom stereocenters. The fraction of sp³-hybridized carbons (Fsp3) is 0.176. The van der Waals surface area contributed by atoms with Crippen molar-refractivity contribution in [3.63, 3.8) is 0 Å². The standard InChI is InChI=1S/C17H13F2N3O/c18-13-5-3-4-12(8-13)17(9-22-11-20-10-21-22)16(23-17)14-6-1-2-7-15(14)19/h1-8,10-11,16H,9H2/t16-,17-/m1/s1. The third kappa shape index (κ3) is 2.41. The monoisotopic (exact) mass is 313 g/mol. The highest BCUT2D eigenvalue weighted by molar-refractivity contribution is 5.36. The van der Waals surface area contributed by atoms with E-state index in [9.17, 15) is 8.78 Å². The van der Waals surface area contributed by atoms with Gasteiger partial charge in [-0.1, -0.05) is 30.3 Å². The first kappa shape index (κ1) is 14.0. The van der Waals surface area contributed by atoms with Crippen molar-refractivity contribution in [2.75, 3.05) is 0 Å². The highest BCUT2D eigenvalue weighted by atomic mass is 19.1. The molecule has 1 aliphatic rings. The lowest BCUT2D eigenvalue weighted by Crippen LogP contribution is -2.20. The molecular formula is C17H13F2N3O. The minimum absolute atomic E-state index is 0.329. The molecule has 0 spiro atoms. The van der Waals surface area contributed by atoms with E-state index in [1.54, 1.807) is 41.3 Å². The molecule has 0 saturated carbocycles. The number of rotatable bonds is 4. The topological polar surface area (TPSA) is 43.2 Å². The minimum Gasteiger partial charge on any atom is -0.354 e. The van der Waals surface area contributed by atoms with E-state index in [1.165, 1.54) is 24.5 Å². The number of benzene rings is 2. The third-order valence-electron chi connectivity index (χ3n) is 4.06. The summed E-state index contributed by atoms with van der Waals surface area (Å²) in [4.78, 5) is 3.91. The molecule has 2 heterocycles. The summed E-state index contributed by atoms with van der Waals surface area (Å²) < 4.78 is 35.3. The van der Waals surface area contributed by atoms with Crippen LogP contribution in [0.4, 0.5) is 8.78 Å². The zero-order chi connectivity index (χ0) is 15.9. The smallest absolute Gasteiger partial charge is 0.144 e. The summed E-state index contributed by atoms with van der Waals surface area (Å²) in [6, 6.07) is 12.6. The number of nitrogens with zero attached hydrogens (tertiary/aromatic N) is 3. The van der Waals surface area contributed by atoms with Gasteiger partial charge in [0.1, 0.15) is 36.0 Å². The van der Waals surface area contributed by atoms with E-state index in [0.29, 0.717) is 17.7 Å². The Kier molecular flexibility index (Phi) is 3.20. The van der Waals surface area contributed by atoms with Gasteiger partial charge in [-0.15, -0.1) is 0 Å². The zero-order valence-electron chi connectivity index (χ0n) is 12.1. The van der Waals surface area contributed by atoms with Gasteiger partial charge < -0.3 is 4.74 Å². The van der Waals surface area contributed by atoms with Crippen LogP contribution >= 0.6 is 0 Å². The van der Waals surface area contributed by atoms with Gasteiger partial charge in [0.15, 0.2) is 0 Å². The van der Waals surface area contributed by atoms with Crippen molar-refractivity contribution in [3.8, 4) is 0 Å². The van der Waals surface area contributed by atoms with E-state index in [0.717, 1.165) is 0 Å². The van der Waals surface area contributed by atoms with Gasteiger partial charge in [-0.25, -0.2) is 18.4 Å². The van der Waals surface area contributed by atoms with E-state index in [1.807, 2.05) is 0 Å². The van der Waals surface area contributed by atoms with Gasteiger partial charge in [0.2, 0.25) is 0 Å². The second kappa shape index (κ2) is 5.24. The van der Waals surface area contributed by atoms with E-state index in [2.05, 4.69) is 10.1 Å². The molecule has 0 radical (unpaired) electrons. The van der Waals surface area contributed by atoms with E-state index in [4.69, 9.17) is 4.74 Å². The maximum absolute atomic E-state index is 14.1. The van der Waals surface area contributed by atoms with Crippen molar-refractivity contribution in [2.45, 2.75) is 18.2 Å². The Balaban J connectivity index is 1.76. The van der Waals surface area contributed by atoms with Crippen LogP contribution in [0.5, 0.6) is 0 Å². The van der Waals surface area contributed by atoms with Crippen molar-refractivity contribution in [2.24, 2.45) is 0 Å². The molecule has 1 aromatic heterocycles. The number of hydrogen-bond donors (Lipinski definition) is 0. The van der Waals surface area contributed by atoms with Crippen molar-refractivity contribution in [3.05, 3.63) is 83.9 Å². The number of ether oxygens (including phenoxy) is 1. The van der Waals surface area contributed by atoms with Crippen LogP contribution in [0, 0.1) is 11.6 Å². The van der Waals surface area contributed by atoms with Crippen molar-refractivity contribution < 1.29 is 13.5 Å². The van der Waals surface area contributed by atoms with E-state index >= 15 is 0 Å². The molecule has 116 valence electrons. The summed E-state index contributed by atoms with van der Waals surface area (Å²) in [5.74, 6) is -0.697. The Bertz CT molecular complexity index is 837. The molecular weight excluding hydrogens is 300 g/mol. The Labute approximate surface area is 131 Å². The molecule has 6 heteroatoms. The van der Waals surface area contributed by atoms with Crippen molar-refractivity contribution >= 4 is 0 Å². The van der Waals surface area contributed by atoms with Crippen LogP contribution in [0.3, 0.4) is 0 Å². The first-order valence-electron chi connectivity index (χ1n) is 7.20. The highest BCUT2D eigenvalue weighted by Gasteiger charge is 2.59. The fourth-order valence-electron chi connectivity index (χ4n) is 2.92. The minimum atomic E-state index is -0.849. The van der Waals surface area contributed by atoms with E-state index in [-0.39, 0.29) is 11.6 Å². The normalized spacial score (nSPS) is 23.0. The van der Waals surface area contributed by atoms with Gasteiger partial charge in [0.05, 0.1) is 6.54 Å². The maximum Gasteiger partial charge on any atom is 0.144 e. The van der Waals surface area contributed by atoms with Crippen molar-refractivity contribution in [1.82, 2.24) is 14.8 Å². The van der Waals surface area contributed by atoms with Crippen LogP contribution in [0.1, 0.15) is 17.2 Å².